The Morgan fingerprint density at radius 2 is 2.04 bits per heavy atom. The normalized spacial score (nSPS) is 17.8. The molecular weight excluding hydrogens is 355 g/mol. The molecule has 2 aromatic rings. The Kier molecular flexibility index (Phi) is 4.85. The molecular formula is C19H22ClFN4O. The van der Waals surface area contributed by atoms with Gasteiger partial charge in [-0.1, -0.05) is 30.9 Å². The minimum atomic E-state index is -0.497. The maximum absolute atomic E-state index is 13.3. The molecule has 0 bridgehead atoms. The predicted molar refractivity (Wildman–Crippen MR) is 98.9 cm³/mol. The van der Waals surface area contributed by atoms with Crippen molar-refractivity contribution in [1.82, 2.24) is 14.7 Å². The standard InChI is InChI=1S/C19H22ClFN4O/c20-16-10-14(6-7-17(16)21)23-19(26)24-8-9-25-18(12-24)15(11-22-25)13-4-2-1-3-5-13/h6-7,10-11,13H,1-5,8-9,12H2,(H,23,26). The summed E-state index contributed by atoms with van der Waals surface area (Å²) in [4.78, 5) is 14.4. The minimum Gasteiger partial charge on any atom is -0.317 e. The Balaban J connectivity index is 1.47. The molecule has 1 saturated carbocycles. The first-order valence-corrected chi connectivity index (χ1v) is 9.55. The highest BCUT2D eigenvalue weighted by molar-refractivity contribution is 6.31. The van der Waals surface area contributed by atoms with Crippen molar-refractivity contribution in [3.8, 4) is 0 Å². The highest BCUT2D eigenvalue weighted by atomic mass is 35.5. The highest BCUT2D eigenvalue weighted by Gasteiger charge is 2.27. The summed E-state index contributed by atoms with van der Waals surface area (Å²) in [6.07, 6.45) is 8.26. The number of amides is 2. The summed E-state index contributed by atoms with van der Waals surface area (Å²) in [5.74, 6) is 0.0649. The maximum atomic E-state index is 13.3. The number of carbonyl (C=O) groups excluding carboxylic acids is 1. The van der Waals surface area contributed by atoms with Crippen LogP contribution in [0.3, 0.4) is 0 Å². The number of hydrogen-bond donors (Lipinski definition) is 1. The van der Waals surface area contributed by atoms with Crippen LogP contribution < -0.4 is 5.32 Å². The number of carbonyl (C=O) groups is 1. The first kappa shape index (κ1) is 17.3. The molecule has 4 rings (SSSR count). The third-order valence-corrected chi connectivity index (χ3v) is 5.70. The van der Waals surface area contributed by atoms with Crippen LogP contribution in [0.1, 0.15) is 49.3 Å². The van der Waals surface area contributed by atoms with Crippen LogP contribution in [-0.2, 0) is 13.1 Å². The zero-order chi connectivity index (χ0) is 18.1. The van der Waals surface area contributed by atoms with Gasteiger partial charge < -0.3 is 10.2 Å². The largest absolute Gasteiger partial charge is 0.322 e. The highest BCUT2D eigenvalue weighted by Crippen LogP contribution is 2.35. The van der Waals surface area contributed by atoms with E-state index in [1.807, 2.05) is 10.9 Å². The summed E-state index contributed by atoms with van der Waals surface area (Å²) in [7, 11) is 0. The molecule has 1 fully saturated rings. The molecule has 1 aromatic heterocycles. The maximum Gasteiger partial charge on any atom is 0.322 e. The smallest absolute Gasteiger partial charge is 0.317 e. The van der Waals surface area contributed by atoms with E-state index < -0.39 is 5.82 Å². The Bertz CT molecular complexity index is 816. The first-order chi connectivity index (χ1) is 12.6. The van der Waals surface area contributed by atoms with Crippen molar-refractivity contribution in [2.75, 3.05) is 11.9 Å². The molecule has 1 N–H and O–H groups in total. The molecule has 0 saturated heterocycles. The molecule has 2 heterocycles. The Morgan fingerprint density at radius 1 is 1.23 bits per heavy atom. The number of anilines is 1. The molecule has 2 aliphatic rings. The Hall–Kier alpha value is -2.08. The monoisotopic (exact) mass is 376 g/mol. The lowest BCUT2D eigenvalue weighted by Gasteiger charge is -2.30. The van der Waals surface area contributed by atoms with Gasteiger partial charge in [0.15, 0.2) is 0 Å². The molecule has 2 amide bonds. The molecule has 1 aliphatic carbocycles. The van der Waals surface area contributed by atoms with Crippen LogP contribution in [0, 0.1) is 5.82 Å². The van der Waals surface area contributed by atoms with E-state index in [1.54, 1.807) is 4.90 Å². The van der Waals surface area contributed by atoms with E-state index in [0.717, 1.165) is 5.69 Å². The molecule has 0 radical (unpaired) electrons. The summed E-state index contributed by atoms with van der Waals surface area (Å²) in [5.41, 5.74) is 2.94. The van der Waals surface area contributed by atoms with Gasteiger partial charge in [-0.3, -0.25) is 4.68 Å². The fourth-order valence-electron chi connectivity index (χ4n) is 3.97. The molecule has 138 valence electrons. The number of nitrogens with zero attached hydrogens (tertiary/aromatic N) is 3. The molecule has 5 nitrogen and oxygen atoms in total. The van der Waals surface area contributed by atoms with Crippen molar-refractivity contribution in [3.63, 3.8) is 0 Å². The summed E-state index contributed by atoms with van der Waals surface area (Å²) in [6.45, 7) is 1.84. The van der Waals surface area contributed by atoms with Gasteiger partial charge >= 0.3 is 6.03 Å². The predicted octanol–water partition coefficient (Wildman–Crippen LogP) is 4.77. The van der Waals surface area contributed by atoms with Crippen LogP contribution in [0.2, 0.25) is 5.02 Å². The second-order valence-electron chi connectivity index (χ2n) is 7.09. The van der Waals surface area contributed by atoms with Crippen molar-refractivity contribution in [2.24, 2.45) is 0 Å². The van der Waals surface area contributed by atoms with Crippen molar-refractivity contribution in [1.29, 1.82) is 0 Å². The van der Waals surface area contributed by atoms with Crippen molar-refractivity contribution >= 4 is 23.3 Å². The van der Waals surface area contributed by atoms with Gasteiger partial charge in [-0.2, -0.15) is 5.10 Å². The van der Waals surface area contributed by atoms with Gasteiger partial charge in [0.1, 0.15) is 5.82 Å². The van der Waals surface area contributed by atoms with Crippen LogP contribution in [-0.4, -0.2) is 27.3 Å². The fourth-order valence-corrected chi connectivity index (χ4v) is 4.15. The van der Waals surface area contributed by atoms with Crippen molar-refractivity contribution in [3.05, 3.63) is 46.5 Å². The Labute approximate surface area is 157 Å². The lowest BCUT2D eigenvalue weighted by molar-refractivity contribution is 0.194. The third kappa shape index (κ3) is 3.43. The summed E-state index contributed by atoms with van der Waals surface area (Å²) >= 11 is 5.79. The molecule has 26 heavy (non-hydrogen) atoms. The van der Waals surface area contributed by atoms with Crippen LogP contribution in [0.5, 0.6) is 0 Å². The number of benzene rings is 1. The Morgan fingerprint density at radius 3 is 2.81 bits per heavy atom. The van der Waals surface area contributed by atoms with Crippen LogP contribution >= 0.6 is 11.6 Å². The van der Waals surface area contributed by atoms with Gasteiger partial charge in [0, 0.05) is 12.2 Å². The van der Waals surface area contributed by atoms with E-state index >= 15 is 0 Å². The van der Waals surface area contributed by atoms with Gasteiger partial charge in [-0.15, -0.1) is 0 Å². The topological polar surface area (TPSA) is 50.2 Å². The number of aromatic nitrogens is 2. The third-order valence-electron chi connectivity index (χ3n) is 5.41. The van der Waals surface area contributed by atoms with Crippen LogP contribution in [0.15, 0.2) is 24.4 Å². The molecule has 0 atom stereocenters. The average Bonchev–Trinajstić information content (AvgIpc) is 3.08. The molecule has 1 aromatic carbocycles. The summed E-state index contributed by atoms with van der Waals surface area (Å²) in [6, 6.07) is 4.00. The number of hydrogen-bond acceptors (Lipinski definition) is 2. The van der Waals surface area contributed by atoms with Crippen molar-refractivity contribution in [2.45, 2.75) is 51.1 Å². The molecule has 0 spiro atoms. The van der Waals surface area contributed by atoms with E-state index in [1.165, 1.54) is 55.9 Å². The molecule has 7 heteroatoms. The number of fused-ring (bicyclic) bond motifs is 1. The zero-order valence-corrected chi connectivity index (χ0v) is 15.3. The van der Waals surface area contributed by atoms with E-state index in [9.17, 15) is 9.18 Å². The van der Waals surface area contributed by atoms with E-state index in [4.69, 9.17) is 11.6 Å². The van der Waals surface area contributed by atoms with Gasteiger partial charge in [-0.05, 0) is 42.5 Å². The summed E-state index contributed by atoms with van der Waals surface area (Å²) < 4.78 is 15.3. The van der Waals surface area contributed by atoms with E-state index in [0.29, 0.717) is 31.2 Å². The number of nitrogens with one attached hydrogen (secondary N) is 1. The molecule has 0 unspecified atom stereocenters. The van der Waals surface area contributed by atoms with Crippen LogP contribution in [0.4, 0.5) is 14.9 Å². The van der Waals surface area contributed by atoms with Crippen LogP contribution in [0.25, 0.3) is 0 Å². The number of halogens is 2. The minimum absolute atomic E-state index is 0.000828. The number of rotatable bonds is 2. The zero-order valence-electron chi connectivity index (χ0n) is 14.5. The average molecular weight is 377 g/mol. The number of urea groups is 1. The second kappa shape index (κ2) is 7.27. The lowest BCUT2D eigenvalue weighted by atomic mass is 9.84. The lowest BCUT2D eigenvalue weighted by Crippen LogP contribution is -2.41. The molecule has 1 aliphatic heterocycles. The van der Waals surface area contributed by atoms with Gasteiger partial charge in [0.2, 0.25) is 0 Å². The van der Waals surface area contributed by atoms with Gasteiger partial charge in [0.25, 0.3) is 0 Å². The second-order valence-corrected chi connectivity index (χ2v) is 7.49. The van der Waals surface area contributed by atoms with E-state index in [2.05, 4.69) is 10.4 Å². The SMILES string of the molecule is O=C(Nc1ccc(F)c(Cl)c1)N1CCn2ncc(C3CCCCC3)c2C1. The van der Waals surface area contributed by atoms with Crippen molar-refractivity contribution < 1.29 is 9.18 Å². The quantitative estimate of drug-likeness (QED) is 0.820. The first-order valence-electron chi connectivity index (χ1n) is 9.17. The summed E-state index contributed by atoms with van der Waals surface area (Å²) in [5, 5.41) is 7.34. The van der Waals surface area contributed by atoms with E-state index in [-0.39, 0.29) is 11.1 Å². The fraction of sp³-hybridized carbons (Fsp3) is 0.474. The van der Waals surface area contributed by atoms with Gasteiger partial charge in [-0.25, -0.2) is 9.18 Å². The van der Waals surface area contributed by atoms with Gasteiger partial charge in [0.05, 0.1) is 30.0 Å².